The smallest absolute Gasteiger partial charge is 0.310 e. The van der Waals surface area contributed by atoms with Crippen molar-refractivity contribution >= 4 is 23.7 Å². The third-order valence-corrected chi connectivity index (χ3v) is 11.1. The molecule has 2 heterocycles. The number of fused-ring (bicyclic) bond motifs is 3. The van der Waals surface area contributed by atoms with Gasteiger partial charge in [0.25, 0.3) is 0 Å². The number of nitrogens with one attached hydrogen (secondary N) is 1. The van der Waals surface area contributed by atoms with E-state index < -0.39 is 17.9 Å². The second-order valence-corrected chi connectivity index (χ2v) is 14.5. The molecule has 1 fully saturated rings. The quantitative estimate of drug-likeness (QED) is 0.0470. The number of allylic oxidation sites excluding steroid dienone is 1. The lowest BCUT2D eigenvalue weighted by atomic mass is 9.65. The number of rotatable bonds is 18. The molecule has 316 valence electrons. The van der Waals surface area contributed by atoms with Gasteiger partial charge in [-0.1, -0.05) is 18.2 Å². The zero-order valence-electron chi connectivity index (χ0n) is 34.5. The van der Waals surface area contributed by atoms with Crippen molar-refractivity contribution in [1.29, 1.82) is 0 Å². The lowest BCUT2D eigenvalue weighted by Crippen LogP contribution is -2.42. The summed E-state index contributed by atoms with van der Waals surface area (Å²) in [5.41, 5.74) is 3.62. The second-order valence-electron chi connectivity index (χ2n) is 14.5. The van der Waals surface area contributed by atoms with Crippen molar-refractivity contribution in [1.82, 2.24) is 5.32 Å². The maximum Gasteiger partial charge on any atom is 0.310 e. The summed E-state index contributed by atoms with van der Waals surface area (Å²) in [4.78, 5) is 40.1. The van der Waals surface area contributed by atoms with Gasteiger partial charge in [0.15, 0.2) is 40.3 Å². The highest BCUT2D eigenvalue weighted by Crippen LogP contribution is 2.55. The van der Waals surface area contributed by atoms with Crippen LogP contribution >= 0.6 is 0 Å². The summed E-state index contributed by atoms with van der Waals surface area (Å²) in [6, 6.07) is 17.7. The first-order valence-corrected chi connectivity index (χ1v) is 19.7. The number of unbranched alkanes of at least 4 members (excludes halogenated alkanes) is 2. The first-order chi connectivity index (χ1) is 29.2. The van der Waals surface area contributed by atoms with Gasteiger partial charge in [0.1, 0.15) is 5.75 Å². The average Bonchev–Trinajstić information content (AvgIpc) is 3.90. The number of cyclic esters (lactones) is 1. The first-order valence-electron chi connectivity index (χ1n) is 19.7. The predicted octanol–water partition coefficient (Wildman–Crippen LogP) is 7.09. The molecule has 1 saturated heterocycles. The number of amides is 1. The van der Waals surface area contributed by atoms with Crippen molar-refractivity contribution in [3.8, 4) is 51.7 Å². The summed E-state index contributed by atoms with van der Waals surface area (Å²) in [7, 11) is 9.14. The fourth-order valence-electron chi connectivity index (χ4n) is 8.23. The van der Waals surface area contributed by atoms with E-state index in [1.807, 2.05) is 48.5 Å². The first kappa shape index (κ1) is 41.6. The Morgan fingerprint density at radius 1 is 0.733 bits per heavy atom. The van der Waals surface area contributed by atoms with E-state index in [2.05, 4.69) is 5.32 Å². The molecular formula is C46H49NO13. The van der Waals surface area contributed by atoms with Crippen LogP contribution in [0.25, 0.3) is 6.08 Å². The van der Waals surface area contributed by atoms with E-state index in [1.165, 1.54) is 34.5 Å². The van der Waals surface area contributed by atoms with Gasteiger partial charge in [-0.3, -0.25) is 14.4 Å². The minimum Gasteiger partial charge on any atom is -0.494 e. The molecule has 7 rings (SSSR count). The monoisotopic (exact) mass is 823 g/mol. The molecule has 1 aliphatic carbocycles. The Kier molecular flexibility index (Phi) is 12.9. The molecule has 0 saturated carbocycles. The highest BCUT2D eigenvalue weighted by molar-refractivity contribution is 6.07. The maximum absolute atomic E-state index is 13.6. The molecule has 60 heavy (non-hydrogen) atoms. The minimum atomic E-state index is -0.598. The number of carbonyl (C=O) groups is 3. The number of hydrogen-bond donors (Lipinski definition) is 1. The van der Waals surface area contributed by atoms with Crippen molar-refractivity contribution < 1.29 is 61.8 Å². The van der Waals surface area contributed by atoms with E-state index in [4.69, 9.17) is 47.4 Å². The van der Waals surface area contributed by atoms with Crippen LogP contribution < -0.4 is 47.9 Å². The van der Waals surface area contributed by atoms with E-state index in [0.29, 0.717) is 76.8 Å². The molecule has 2 aliphatic heterocycles. The summed E-state index contributed by atoms with van der Waals surface area (Å²) in [6.45, 7) is 0.680. The standard InChI is InChI=1S/C46H49NO13/c1-51-36-18-27(19-37(52-2)44(36)55-5)33(48)15-14-26-11-10-12-29(17-26)57-16-9-7-8-13-40(49)47-43-31-23-35-34(59-25-60-35)22-30(31)41(42-32(43)24-58-46(42)50)28-20-38(53-3)45(56-6)39(21-28)54-4/h10-12,14-15,17-23,32,41-43H,7-9,13,16,24-25H2,1-6H3,(H,47,49)/b15-14+/t32-,41+,42-,43+/m0/s1. The largest absolute Gasteiger partial charge is 0.494 e. The molecular weight excluding hydrogens is 775 g/mol. The van der Waals surface area contributed by atoms with Crippen LogP contribution in [0.1, 0.15) is 70.3 Å². The van der Waals surface area contributed by atoms with Crippen LogP contribution in [0.3, 0.4) is 0 Å². The van der Waals surface area contributed by atoms with Gasteiger partial charge in [0, 0.05) is 23.8 Å². The summed E-state index contributed by atoms with van der Waals surface area (Å²) in [5.74, 6) is 2.27. The molecule has 1 amide bonds. The van der Waals surface area contributed by atoms with Crippen LogP contribution in [0.4, 0.5) is 0 Å². The summed E-state index contributed by atoms with van der Waals surface area (Å²) in [5, 5.41) is 3.25. The molecule has 4 aromatic rings. The van der Waals surface area contributed by atoms with Crippen LogP contribution in [-0.2, 0) is 14.3 Å². The third-order valence-electron chi connectivity index (χ3n) is 11.1. The molecule has 0 unspecified atom stereocenters. The van der Waals surface area contributed by atoms with E-state index in [0.717, 1.165) is 35.1 Å². The Labute approximate surface area is 348 Å². The van der Waals surface area contributed by atoms with Crippen molar-refractivity contribution in [2.45, 2.75) is 37.6 Å². The molecule has 0 radical (unpaired) electrons. The summed E-state index contributed by atoms with van der Waals surface area (Å²) < 4.78 is 56.3. The van der Waals surface area contributed by atoms with Gasteiger partial charge in [0.2, 0.25) is 24.2 Å². The van der Waals surface area contributed by atoms with E-state index in [-0.39, 0.29) is 37.0 Å². The molecule has 0 bridgehead atoms. The van der Waals surface area contributed by atoms with Gasteiger partial charge in [-0.25, -0.2) is 0 Å². The molecule has 0 aromatic heterocycles. The Morgan fingerprint density at radius 3 is 2.00 bits per heavy atom. The molecule has 3 aliphatic rings. The predicted molar refractivity (Wildman–Crippen MR) is 219 cm³/mol. The molecule has 14 nitrogen and oxygen atoms in total. The maximum atomic E-state index is 13.6. The number of esters is 1. The van der Waals surface area contributed by atoms with Gasteiger partial charge in [-0.05, 0) is 96.1 Å². The van der Waals surface area contributed by atoms with Gasteiger partial charge >= 0.3 is 5.97 Å². The van der Waals surface area contributed by atoms with Crippen LogP contribution in [-0.4, -0.2) is 80.3 Å². The molecule has 14 heteroatoms. The van der Waals surface area contributed by atoms with Crippen molar-refractivity contribution in [3.63, 3.8) is 0 Å². The fraction of sp³-hybridized carbons (Fsp3) is 0.370. The average molecular weight is 824 g/mol. The van der Waals surface area contributed by atoms with Gasteiger partial charge in [-0.2, -0.15) is 0 Å². The molecule has 0 spiro atoms. The van der Waals surface area contributed by atoms with Gasteiger partial charge < -0.3 is 52.7 Å². The lowest BCUT2D eigenvalue weighted by Gasteiger charge is -2.39. The van der Waals surface area contributed by atoms with Crippen molar-refractivity contribution in [2.75, 3.05) is 62.7 Å². The molecule has 4 aromatic carbocycles. The van der Waals surface area contributed by atoms with E-state index in [1.54, 1.807) is 32.4 Å². The number of carbonyl (C=O) groups excluding carboxylic acids is 3. The third kappa shape index (κ3) is 8.45. The summed E-state index contributed by atoms with van der Waals surface area (Å²) >= 11 is 0. The van der Waals surface area contributed by atoms with E-state index in [9.17, 15) is 14.4 Å². The Bertz CT molecular complexity index is 2220. The number of benzene rings is 4. The number of ketones is 1. The van der Waals surface area contributed by atoms with Crippen molar-refractivity contribution in [2.24, 2.45) is 11.8 Å². The zero-order valence-corrected chi connectivity index (χ0v) is 34.5. The Balaban J connectivity index is 0.968. The Morgan fingerprint density at radius 2 is 1.37 bits per heavy atom. The second kappa shape index (κ2) is 18.6. The Hall–Kier alpha value is -6.57. The fourth-order valence-corrected chi connectivity index (χ4v) is 8.23. The number of ether oxygens (including phenoxy) is 10. The topological polar surface area (TPSA) is 156 Å². The molecule has 4 atom stereocenters. The normalized spacial score (nSPS) is 18.5. The highest BCUT2D eigenvalue weighted by Gasteiger charge is 2.53. The SMILES string of the molecule is COc1cc(C(=O)/C=C/c2cccc(OCCCCCC(=O)N[C@@H]3c4cc5c(cc4[C@@H](c4cc(OC)c(OC)c(OC)c4)[C@H]4C(=O)OC[C@@H]43)OCO5)c2)cc(OC)c1OC. The van der Waals surface area contributed by atoms with E-state index >= 15 is 0 Å². The minimum absolute atomic E-state index is 0.0736. The van der Waals surface area contributed by atoms with Crippen molar-refractivity contribution in [3.05, 3.63) is 94.6 Å². The van der Waals surface area contributed by atoms with Crippen LogP contribution in [0.2, 0.25) is 0 Å². The highest BCUT2D eigenvalue weighted by atomic mass is 16.7. The van der Waals surface area contributed by atoms with Crippen LogP contribution in [0.5, 0.6) is 51.7 Å². The lowest BCUT2D eigenvalue weighted by molar-refractivity contribution is -0.141. The van der Waals surface area contributed by atoms with Gasteiger partial charge in [0.05, 0.1) is 67.8 Å². The molecule has 1 N–H and O–H groups in total. The zero-order chi connectivity index (χ0) is 42.3. The number of hydrogen-bond acceptors (Lipinski definition) is 13. The number of methoxy groups -OCH3 is 6. The van der Waals surface area contributed by atoms with Gasteiger partial charge in [-0.15, -0.1) is 0 Å². The van der Waals surface area contributed by atoms with Crippen LogP contribution in [0, 0.1) is 11.8 Å². The summed E-state index contributed by atoms with van der Waals surface area (Å²) in [6.07, 6.45) is 5.62. The van der Waals surface area contributed by atoms with Crippen LogP contribution in [0.15, 0.2) is 66.7 Å².